The first-order valence-corrected chi connectivity index (χ1v) is 8.94. The van der Waals surface area contributed by atoms with Crippen molar-refractivity contribution in [2.75, 3.05) is 10.5 Å². The second-order valence-electron chi connectivity index (χ2n) is 4.74. The summed E-state index contributed by atoms with van der Waals surface area (Å²) in [5.74, 6) is 0.290. The zero-order valence-electron chi connectivity index (χ0n) is 11.3. The Morgan fingerprint density at radius 2 is 1.73 bits per heavy atom. The lowest BCUT2D eigenvalue weighted by molar-refractivity contribution is 0.601. The highest BCUT2D eigenvalue weighted by Gasteiger charge is 2.15. The third kappa shape index (κ3) is 3.14. The summed E-state index contributed by atoms with van der Waals surface area (Å²) in [6.45, 7) is 0. The molecule has 112 valence electrons. The van der Waals surface area contributed by atoms with Gasteiger partial charge in [-0.05, 0) is 69.8 Å². The van der Waals surface area contributed by atoms with Gasteiger partial charge in [-0.3, -0.25) is 4.72 Å². The highest BCUT2D eigenvalue weighted by Crippen LogP contribution is 2.22. The number of aromatic nitrogens is 1. The number of nitrogens with one attached hydrogen (secondary N) is 1. The molecule has 0 aliphatic rings. The fraction of sp³-hybridized carbons (Fsp3) is 0. The molecule has 0 saturated heterocycles. The standard InChI is InChI=1S/C15H12IN3O2S/c16-12-3-6-15(18-9-12)19-22(20,21)14-5-2-10-7-13(17)4-1-11(10)8-14/h1-9H,17H2,(H,18,19). The molecule has 0 bridgehead atoms. The Hall–Kier alpha value is -1.87. The lowest BCUT2D eigenvalue weighted by Gasteiger charge is -2.08. The molecular weight excluding hydrogens is 413 g/mol. The van der Waals surface area contributed by atoms with Crippen LogP contribution >= 0.6 is 22.6 Å². The second-order valence-corrected chi connectivity index (χ2v) is 7.66. The van der Waals surface area contributed by atoms with Crippen LogP contribution in [-0.2, 0) is 10.0 Å². The van der Waals surface area contributed by atoms with Crippen molar-refractivity contribution in [1.82, 2.24) is 4.98 Å². The van der Waals surface area contributed by atoms with E-state index in [2.05, 4.69) is 32.3 Å². The van der Waals surface area contributed by atoms with Gasteiger partial charge < -0.3 is 5.73 Å². The largest absolute Gasteiger partial charge is 0.399 e. The summed E-state index contributed by atoms with van der Waals surface area (Å²) in [6, 6.07) is 13.7. The van der Waals surface area contributed by atoms with Crippen LogP contribution in [0.2, 0.25) is 0 Å². The van der Waals surface area contributed by atoms with E-state index in [1.54, 1.807) is 54.7 Å². The number of nitrogens with two attached hydrogens (primary N) is 1. The average molecular weight is 425 g/mol. The Morgan fingerprint density at radius 1 is 1.00 bits per heavy atom. The van der Waals surface area contributed by atoms with Crippen molar-refractivity contribution in [3.63, 3.8) is 0 Å². The number of hydrogen-bond acceptors (Lipinski definition) is 4. The molecular formula is C15H12IN3O2S. The van der Waals surface area contributed by atoms with E-state index in [9.17, 15) is 8.42 Å². The quantitative estimate of drug-likeness (QED) is 0.499. The summed E-state index contributed by atoms with van der Waals surface area (Å²) in [4.78, 5) is 4.23. The Bertz CT molecular complexity index is 941. The Kier molecular flexibility index (Phi) is 3.92. The maximum absolute atomic E-state index is 12.4. The van der Waals surface area contributed by atoms with Gasteiger partial charge in [0, 0.05) is 15.5 Å². The van der Waals surface area contributed by atoms with Crippen LogP contribution in [0.25, 0.3) is 10.8 Å². The minimum absolute atomic E-state index is 0.185. The molecule has 0 radical (unpaired) electrons. The number of sulfonamides is 1. The number of anilines is 2. The molecule has 3 rings (SSSR count). The van der Waals surface area contributed by atoms with Crippen LogP contribution in [0, 0.1) is 3.57 Å². The summed E-state index contributed by atoms with van der Waals surface area (Å²) >= 11 is 2.11. The highest BCUT2D eigenvalue weighted by molar-refractivity contribution is 14.1. The Morgan fingerprint density at radius 3 is 2.45 bits per heavy atom. The van der Waals surface area contributed by atoms with Gasteiger partial charge in [0.2, 0.25) is 0 Å². The topological polar surface area (TPSA) is 85.1 Å². The van der Waals surface area contributed by atoms with Gasteiger partial charge in [-0.2, -0.15) is 0 Å². The molecule has 0 amide bonds. The summed E-state index contributed by atoms with van der Waals surface area (Å²) in [7, 11) is -3.67. The molecule has 1 heterocycles. The van der Waals surface area contributed by atoms with Crippen LogP contribution in [0.4, 0.5) is 11.5 Å². The molecule has 3 aromatic rings. The number of nitrogens with zero attached hydrogens (tertiary/aromatic N) is 1. The van der Waals surface area contributed by atoms with Crippen molar-refractivity contribution >= 4 is 54.9 Å². The smallest absolute Gasteiger partial charge is 0.263 e. The molecule has 3 N–H and O–H groups in total. The number of benzene rings is 2. The molecule has 1 aromatic heterocycles. The van der Waals surface area contributed by atoms with Gasteiger partial charge in [-0.1, -0.05) is 12.1 Å². The number of nitrogen functional groups attached to an aromatic ring is 1. The zero-order valence-corrected chi connectivity index (χ0v) is 14.3. The summed E-state index contributed by atoms with van der Waals surface area (Å²) in [6.07, 6.45) is 1.60. The van der Waals surface area contributed by atoms with Crippen LogP contribution in [-0.4, -0.2) is 13.4 Å². The molecule has 0 unspecified atom stereocenters. The van der Waals surface area contributed by atoms with E-state index >= 15 is 0 Å². The fourth-order valence-corrected chi connectivity index (χ4v) is 3.40. The van der Waals surface area contributed by atoms with E-state index < -0.39 is 10.0 Å². The second kappa shape index (κ2) is 5.73. The van der Waals surface area contributed by atoms with E-state index in [0.717, 1.165) is 14.3 Å². The molecule has 0 fully saturated rings. The molecule has 0 saturated carbocycles. The lowest BCUT2D eigenvalue weighted by Crippen LogP contribution is -2.13. The third-order valence-electron chi connectivity index (χ3n) is 3.11. The van der Waals surface area contributed by atoms with E-state index in [1.807, 2.05) is 0 Å². The maximum atomic E-state index is 12.4. The monoisotopic (exact) mass is 425 g/mol. The van der Waals surface area contributed by atoms with Crippen LogP contribution in [0.1, 0.15) is 0 Å². The fourth-order valence-electron chi connectivity index (χ4n) is 2.04. The highest BCUT2D eigenvalue weighted by atomic mass is 127. The van der Waals surface area contributed by atoms with Crippen LogP contribution in [0.3, 0.4) is 0 Å². The van der Waals surface area contributed by atoms with Crippen molar-refractivity contribution in [2.45, 2.75) is 4.90 Å². The Labute approximate surface area is 141 Å². The molecule has 0 aliphatic heterocycles. The van der Waals surface area contributed by atoms with E-state index in [0.29, 0.717) is 5.69 Å². The number of fused-ring (bicyclic) bond motifs is 1. The van der Waals surface area contributed by atoms with Crippen LogP contribution in [0.5, 0.6) is 0 Å². The molecule has 2 aromatic carbocycles. The van der Waals surface area contributed by atoms with Gasteiger partial charge in [0.1, 0.15) is 5.82 Å². The number of rotatable bonds is 3. The van der Waals surface area contributed by atoms with Gasteiger partial charge in [-0.25, -0.2) is 13.4 Å². The first kappa shape index (κ1) is 15.0. The van der Waals surface area contributed by atoms with Gasteiger partial charge in [0.05, 0.1) is 4.90 Å². The molecule has 22 heavy (non-hydrogen) atoms. The molecule has 7 heteroatoms. The van der Waals surface area contributed by atoms with Gasteiger partial charge in [0.25, 0.3) is 10.0 Å². The van der Waals surface area contributed by atoms with Crippen LogP contribution in [0.15, 0.2) is 59.6 Å². The van der Waals surface area contributed by atoms with Crippen molar-refractivity contribution < 1.29 is 8.42 Å². The molecule has 0 atom stereocenters. The van der Waals surface area contributed by atoms with Crippen molar-refractivity contribution in [1.29, 1.82) is 0 Å². The van der Waals surface area contributed by atoms with E-state index in [1.165, 1.54) is 0 Å². The summed E-state index contributed by atoms with van der Waals surface area (Å²) in [5.41, 5.74) is 6.37. The molecule has 0 aliphatic carbocycles. The van der Waals surface area contributed by atoms with Crippen molar-refractivity contribution in [3.8, 4) is 0 Å². The van der Waals surface area contributed by atoms with Crippen molar-refractivity contribution in [2.24, 2.45) is 0 Å². The van der Waals surface area contributed by atoms with Crippen molar-refractivity contribution in [3.05, 3.63) is 58.3 Å². The zero-order chi connectivity index (χ0) is 15.7. The predicted octanol–water partition coefficient (Wildman–Crippen LogP) is 3.22. The van der Waals surface area contributed by atoms with Gasteiger partial charge >= 0.3 is 0 Å². The third-order valence-corrected chi connectivity index (χ3v) is 5.10. The minimum Gasteiger partial charge on any atom is -0.399 e. The van der Waals surface area contributed by atoms with E-state index in [-0.39, 0.29) is 10.7 Å². The predicted molar refractivity (Wildman–Crippen MR) is 96.1 cm³/mol. The SMILES string of the molecule is Nc1ccc2cc(S(=O)(=O)Nc3ccc(I)cn3)ccc2c1. The van der Waals surface area contributed by atoms with Crippen LogP contribution < -0.4 is 10.5 Å². The Balaban J connectivity index is 1.97. The minimum atomic E-state index is -3.67. The first-order chi connectivity index (χ1) is 10.4. The van der Waals surface area contributed by atoms with E-state index in [4.69, 9.17) is 5.73 Å². The van der Waals surface area contributed by atoms with Gasteiger partial charge in [-0.15, -0.1) is 0 Å². The summed E-state index contributed by atoms with van der Waals surface area (Å²) < 4.78 is 28.2. The number of pyridine rings is 1. The normalized spacial score (nSPS) is 11.5. The first-order valence-electron chi connectivity index (χ1n) is 6.38. The molecule has 0 spiro atoms. The average Bonchev–Trinajstić information content (AvgIpc) is 2.49. The molecule has 5 nitrogen and oxygen atoms in total. The number of hydrogen-bond donors (Lipinski definition) is 2. The van der Waals surface area contributed by atoms with Gasteiger partial charge in [0.15, 0.2) is 0 Å². The lowest BCUT2D eigenvalue weighted by atomic mass is 10.1. The number of halogens is 1. The summed E-state index contributed by atoms with van der Waals surface area (Å²) in [5, 5.41) is 1.71. The maximum Gasteiger partial charge on any atom is 0.263 e.